The molecule has 17 heavy (non-hydrogen) atoms. The lowest BCUT2D eigenvalue weighted by atomic mass is 9.74. The summed E-state index contributed by atoms with van der Waals surface area (Å²) in [6.07, 6.45) is 5.02. The van der Waals surface area contributed by atoms with E-state index in [0.29, 0.717) is 17.5 Å². The number of carbonyl (C=O) groups is 1. The van der Waals surface area contributed by atoms with Gasteiger partial charge in [-0.15, -0.1) is 0 Å². The lowest BCUT2D eigenvalue weighted by molar-refractivity contribution is -0.130. The lowest BCUT2D eigenvalue weighted by Gasteiger charge is -2.37. The zero-order chi connectivity index (χ0) is 12.6. The van der Waals surface area contributed by atoms with Gasteiger partial charge in [0.15, 0.2) is 0 Å². The van der Waals surface area contributed by atoms with Crippen LogP contribution in [-0.2, 0) is 4.79 Å². The highest BCUT2D eigenvalue weighted by molar-refractivity contribution is 5.74. The molecule has 3 atom stereocenters. The molecule has 0 unspecified atom stereocenters. The van der Waals surface area contributed by atoms with Crippen LogP contribution in [0.25, 0.3) is 0 Å². The van der Waals surface area contributed by atoms with Gasteiger partial charge in [-0.3, -0.25) is 10.1 Å². The fourth-order valence-corrected chi connectivity index (χ4v) is 3.54. The van der Waals surface area contributed by atoms with E-state index >= 15 is 0 Å². The third-order valence-electron chi connectivity index (χ3n) is 4.15. The molecule has 1 amide bonds. The minimum Gasteiger partial charge on any atom is -0.326 e. The second-order valence-electron chi connectivity index (χ2n) is 6.97. The van der Waals surface area contributed by atoms with Crippen molar-refractivity contribution in [2.75, 3.05) is 6.67 Å². The van der Waals surface area contributed by atoms with Crippen molar-refractivity contribution in [1.82, 2.24) is 10.2 Å². The van der Waals surface area contributed by atoms with Crippen molar-refractivity contribution in [2.45, 2.75) is 65.5 Å². The number of nitrogens with one attached hydrogen (secondary N) is 1. The molecule has 98 valence electrons. The zero-order valence-electron chi connectivity index (χ0n) is 11.6. The summed E-state index contributed by atoms with van der Waals surface area (Å²) in [5.74, 6) is 1.01. The molecular formula is C14H26N2O. The smallest absolute Gasteiger partial charge is 0.220 e. The summed E-state index contributed by atoms with van der Waals surface area (Å²) in [5.41, 5.74) is 0.407. The molecule has 0 aromatic heterocycles. The number of hydrogen-bond donors (Lipinski definition) is 1. The van der Waals surface area contributed by atoms with Gasteiger partial charge in [0.2, 0.25) is 5.91 Å². The highest BCUT2D eigenvalue weighted by atomic mass is 16.2. The van der Waals surface area contributed by atoms with E-state index in [1.165, 1.54) is 25.7 Å². The van der Waals surface area contributed by atoms with Gasteiger partial charge in [-0.25, -0.2) is 0 Å². The van der Waals surface area contributed by atoms with E-state index < -0.39 is 0 Å². The topological polar surface area (TPSA) is 32.3 Å². The standard InChI is InChI=1S/C14H26N2O/c1-10(17)16-9-15-12-6-5-11(7-13(12)16)8-14(2,3)4/h11-13,15H,5-9H2,1-4H3/t11-,12+,13-/m1/s1. The maximum absolute atomic E-state index is 11.6. The Morgan fingerprint density at radius 3 is 2.65 bits per heavy atom. The van der Waals surface area contributed by atoms with E-state index in [9.17, 15) is 4.79 Å². The van der Waals surface area contributed by atoms with Crippen LogP contribution in [0.4, 0.5) is 0 Å². The zero-order valence-corrected chi connectivity index (χ0v) is 11.6. The molecule has 2 aliphatic rings. The van der Waals surface area contributed by atoms with Crippen molar-refractivity contribution in [3.05, 3.63) is 0 Å². The van der Waals surface area contributed by atoms with Gasteiger partial charge in [-0.05, 0) is 37.0 Å². The Hall–Kier alpha value is -0.570. The number of fused-ring (bicyclic) bond motifs is 1. The van der Waals surface area contributed by atoms with E-state index in [-0.39, 0.29) is 5.91 Å². The van der Waals surface area contributed by atoms with Crippen molar-refractivity contribution < 1.29 is 4.79 Å². The van der Waals surface area contributed by atoms with Crippen LogP contribution in [0.1, 0.15) is 53.4 Å². The van der Waals surface area contributed by atoms with E-state index in [4.69, 9.17) is 0 Å². The van der Waals surface area contributed by atoms with Crippen LogP contribution in [0.3, 0.4) is 0 Å². The maximum Gasteiger partial charge on any atom is 0.220 e. The molecule has 1 saturated heterocycles. The van der Waals surface area contributed by atoms with E-state index in [1.54, 1.807) is 6.92 Å². The minimum absolute atomic E-state index is 0.224. The Labute approximate surface area is 105 Å². The molecular weight excluding hydrogens is 212 g/mol. The van der Waals surface area contributed by atoms with Crippen LogP contribution in [-0.4, -0.2) is 29.6 Å². The Balaban J connectivity index is 1.98. The molecule has 2 rings (SSSR count). The molecule has 3 nitrogen and oxygen atoms in total. The van der Waals surface area contributed by atoms with Crippen LogP contribution in [0.2, 0.25) is 0 Å². The first kappa shape index (κ1) is 12.9. The molecule has 1 aliphatic heterocycles. The predicted octanol–water partition coefficient (Wildman–Crippen LogP) is 2.37. The van der Waals surface area contributed by atoms with Gasteiger partial charge in [0.05, 0.1) is 6.67 Å². The molecule has 0 radical (unpaired) electrons. The molecule has 0 aromatic carbocycles. The van der Waals surface area contributed by atoms with E-state index in [2.05, 4.69) is 26.1 Å². The fraction of sp³-hybridized carbons (Fsp3) is 0.929. The van der Waals surface area contributed by atoms with Crippen molar-refractivity contribution in [2.24, 2.45) is 11.3 Å². The highest BCUT2D eigenvalue weighted by Crippen LogP contribution is 2.37. The summed E-state index contributed by atoms with van der Waals surface area (Å²) in [7, 11) is 0. The van der Waals surface area contributed by atoms with Crippen LogP contribution in [0.5, 0.6) is 0 Å². The molecule has 1 aliphatic carbocycles. The molecule has 1 N–H and O–H groups in total. The molecule has 1 heterocycles. The average molecular weight is 238 g/mol. The first-order valence-corrected chi connectivity index (χ1v) is 6.87. The molecule has 0 bridgehead atoms. The number of rotatable bonds is 1. The van der Waals surface area contributed by atoms with Crippen LogP contribution in [0, 0.1) is 11.3 Å². The first-order valence-electron chi connectivity index (χ1n) is 6.87. The Bertz CT molecular complexity index is 295. The summed E-state index contributed by atoms with van der Waals surface area (Å²) < 4.78 is 0. The molecule has 0 aromatic rings. The average Bonchev–Trinajstić information content (AvgIpc) is 2.57. The summed E-state index contributed by atoms with van der Waals surface area (Å²) in [6.45, 7) is 9.39. The Morgan fingerprint density at radius 2 is 2.06 bits per heavy atom. The van der Waals surface area contributed by atoms with Gasteiger partial charge in [0, 0.05) is 19.0 Å². The largest absolute Gasteiger partial charge is 0.326 e. The van der Waals surface area contributed by atoms with Crippen LogP contribution in [0.15, 0.2) is 0 Å². The Kier molecular flexibility index (Phi) is 3.48. The molecule has 3 heteroatoms. The van der Waals surface area contributed by atoms with Crippen molar-refractivity contribution in [3.8, 4) is 0 Å². The van der Waals surface area contributed by atoms with Gasteiger partial charge in [0.1, 0.15) is 0 Å². The summed E-state index contributed by atoms with van der Waals surface area (Å²) in [5, 5.41) is 3.48. The van der Waals surface area contributed by atoms with Gasteiger partial charge < -0.3 is 4.90 Å². The predicted molar refractivity (Wildman–Crippen MR) is 69.5 cm³/mol. The van der Waals surface area contributed by atoms with Gasteiger partial charge >= 0.3 is 0 Å². The third kappa shape index (κ3) is 3.01. The lowest BCUT2D eigenvalue weighted by Crippen LogP contribution is -2.43. The Morgan fingerprint density at radius 1 is 1.35 bits per heavy atom. The SMILES string of the molecule is CC(=O)N1CN[C@H]2CC[C@@H](CC(C)(C)C)C[C@H]21. The number of carbonyl (C=O) groups excluding carboxylic acids is 1. The van der Waals surface area contributed by atoms with Crippen molar-refractivity contribution in [3.63, 3.8) is 0 Å². The van der Waals surface area contributed by atoms with E-state index in [0.717, 1.165) is 12.6 Å². The van der Waals surface area contributed by atoms with Gasteiger partial charge in [0.25, 0.3) is 0 Å². The summed E-state index contributed by atoms with van der Waals surface area (Å²) >= 11 is 0. The number of amides is 1. The summed E-state index contributed by atoms with van der Waals surface area (Å²) in [6, 6.07) is 1.00. The minimum atomic E-state index is 0.224. The number of nitrogens with zero attached hydrogens (tertiary/aromatic N) is 1. The van der Waals surface area contributed by atoms with E-state index in [1.807, 2.05) is 4.90 Å². The monoisotopic (exact) mass is 238 g/mol. The second-order valence-corrected chi connectivity index (χ2v) is 6.97. The van der Waals surface area contributed by atoms with Crippen LogP contribution < -0.4 is 5.32 Å². The number of hydrogen-bond acceptors (Lipinski definition) is 2. The summed E-state index contributed by atoms with van der Waals surface area (Å²) in [4.78, 5) is 13.6. The fourth-order valence-electron chi connectivity index (χ4n) is 3.54. The quantitative estimate of drug-likeness (QED) is 0.760. The molecule has 2 fully saturated rings. The van der Waals surface area contributed by atoms with Gasteiger partial charge in [-0.2, -0.15) is 0 Å². The highest BCUT2D eigenvalue weighted by Gasteiger charge is 2.40. The van der Waals surface area contributed by atoms with Crippen molar-refractivity contribution in [1.29, 1.82) is 0 Å². The maximum atomic E-state index is 11.6. The molecule has 1 saturated carbocycles. The van der Waals surface area contributed by atoms with Crippen molar-refractivity contribution >= 4 is 5.91 Å². The first-order chi connectivity index (χ1) is 7.87. The molecule has 0 spiro atoms. The normalized spacial score (nSPS) is 33.6. The van der Waals surface area contributed by atoms with Crippen LogP contribution >= 0.6 is 0 Å². The van der Waals surface area contributed by atoms with Gasteiger partial charge in [-0.1, -0.05) is 20.8 Å². The second kappa shape index (κ2) is 4.60. The third-order valence-corrected chi connectivity index (χ3v) is 4.15.